The van der Waals surface area contributed by atoms with Gasteiger partial charge in [0.1, 0.15) is 0 Å². The highest BCUT2D eigenvalue weighted by Gasteiger charge is 2.25. The highest BCUT2D eigenvalue weighted by atomic mass is 16.7. The summed E-state index contributed by atoms with van der Waals surface area (Å²) in [5, 5.41) is 0. The van der Waals surface area contributed by atoms with Gasteiger partial charge in [-0.05, 0) is 23.3 Å². The van der Waals surface area contributed by atoms with E-state index in [1.54, 1.807) is 0 Å². The van der Waals surface area contributed by atoms with E-state index in [9.17, 15) is 4.79 Å². The van der Waals surface area contributed by atoms with Gasteiger partial charge in [0, 0.05) is 25.4 Å². The molecule has 2 aliphatic heterocycles. The standard InChI is InChI=1S/C20H21NO4/c22-20(21-8-10-23-11-9-21)13-17(15-4-2-1-3-5-15)16-6-7-18-19(12-16)25-14-24-18/h1-7,12,17H,8-11,13-14H2/t17-/m1/s1. The largest absolute Gasteiger partial charge is 0.454 e. The van der Waals surface area contributed by atoms with E-state index in [1.165, 1.54) is 0 Å². The van der Waals surface area contributed by atoms with Crippen LogP contribution in [0.4, 0.5) is 0 Å². The van der Waals surface area contributed by atoms with Crippen molar-refractivity contribution in [2.45, 2.75) is 12.3 Å². The second-order valence-electron chi connectivity index (χ2n) is 6.27. The smallest absolute Gasteiger partial charge is 0.231 e. The summed E-state index contributed by atoms with van der Waals surface area (Å²) in [7, 11) is 0. The number of morpholine rings is 1. The molecule has 2 aliphatic rings. The fourth-order valence-corrected chi connectivity index (χ4v) is 3.36. The van der Waals surface area contributed by atoms with Gasteiger partial charge in [-0.1, -0.05) is 36.4 Å². The molecule has 1 saturated heterocycles. The molecule has 4 rings (SSSR count). The molecule has 5 nitrogen and oxygen atoms in total. The Balaban J connectivity index is 1.61. The van der Waals surface area contributed by atoms with E-state index < -0.39 is 0 Å². The van der Waals surface area contributed by atoms with Crippen LogP contribution >= 0.6 is 0 Å². The molecular weight excluding hydrogens is 318 g/mol. The predicted molar refractivity (Wildman–Crippen MR) is 92.9 cm³/mol. The van der Waals surface area contributed by atoms with Crippen LogP contribution in [0.3, 0.4) is 0 Å². The third-order valence-electron chi connectivity index (χ3n) is 4.74. The van der Waals surface area contributed by atoms with Gasteiger partial charge in [-0.3, -0.25) is 4.79 Å². The van der Waals surface area contributed by atoms with Crippen molar-refractivity contribution in [1.82, 2.24) is 4.90 Å². The van der Waals surface area contributed by atoms with Crippen molar-refractivity contribution in [3.8, 4) is 11.5 Å². The minimum Gasteiger partial charge on any atom is -0.454 e. The van der Waals surface area contributed by atoms with E-state index >= 15 is 0 Å². The minimum absolute atomic E-state index is 0.00829. The molecule has 0 aromatic heterocycles. The Morgan fingerprint density at radius 3 is 2.52 bits per heavy atom. The van der Waals surface area contributed by atoms with Crippen molar-refractivity contribution in [3.63, 3.8) is 0 Å². The van der Waals surface area contributed by atoms with E-state index in [-0.39, 0.29) is 18.6 Å². The second kappa shape index (κ2) is 7.15. The van der Waals surface area contributed by atoms with E-state index in [2.05, 4.69) is 12.1 Å². The van der Waals surface area contributed by atoms with Crippen LogP contribution < -0.4 is 9.47 Å². The lowest BCUT2D eigenvalue weighted by Crippen LogP contribution is -2.41. The lowest BCUT2D eigenvalue weighted by Gasteiger charge is -2.29. The number of carbonyl (C=O) groups excluding carboxylic acids is 1. The number of nitrogens with zero attached hydrogens (tertiary/aromatic N) is 1. The number of ether oxygens (including phenoxy) is 3. The molecular formula is C20H21NO4. The second-order valence-corrected chi connectivity index (χ2v) is 6.27. The number of amides is 1. The summed E-state index contributed by atoms with van der Waals surface area (Å²) in [4.78, 5) is 14.7. The van der Waals surface area contributed by atoms with Crippen molar-refractivity contribution < 1.29 is 19.0 Å². The number of benzene rings is 2. The maximum Gasteiger partial charge on any atom is 0.231 e. The lowest BCUT2D eigenvalue weighted by atomic mass is 9.88. The monoisotopic (exact) mass is 339 g/mol. The van der Waals surface area contributed by atoms with Crippen LogP contribution in [-0.2, 0) is 9.53 Å². The molecule has 1 fully saturated rings. The topological polar surface area (TPSA) is 48.0 Å². The number of carbonyl (C=O) groups is 1. The van der Waals surface area contributed by atoms with E-state index in [0.29, 0.717) is 32.7 Å². The normalized spacial score (nSPS) is 17.4. The first-order valence-corrected chi connectivity index (χ1v) is 8.61. The molecule has 0 N–H and O–H groups in total. The van der Waals surface area contributed by atoms with Gasteiger partial charge in [-0.15, -0.1) is 0 Å². The van der Waals surface area contributed by atoms with Crippen molar-refractivity contribution in [1.29, 1.82) is 0 Å². The highest BCUT2D eigenvalue weighted by molar-refractivity contribution is 5.78. The molecule has 0 aliphatic carbocycles. The maximum absolute atomic E-state index is 12.8. The number of hydrogen-bond acceptors (Lipinski definition) is 4. The maximum atomic E-state index is 12.8. The first kappa shape index (κ1) is 16.0. The van der Waals surface area contributed by atoms with Crippen LogP contribution in [-0.4, -0.2) is 43.9 Å². The molecule has 0 saturated carbocycles. The SMILES string of the molecule is O=C(C[C@H](c1ccccc1)c1ccc2c(c1)OCO2)N1CCOCC1. The first-order valence-electron chi connectivity index (χ1n) is 8.61. The number of fused-ring (bicyclic) bond motifs is 1. The molecule has 2 aromatic rings. The summed E-state index contributed by atoms with van der Waals surface area (Å²) >= 11 is 0. The van der Waals surface area contributed by atoms with Gasteiger partial charge in [0.2, 0.25) is 12.7 Å². The van der Waals surface area contributed by atoms with Crippen LogP contribution in [0, 0.1) is 0 Å². The average Bonchev–Trinajstić information content (AvgIpc) is 3.15. The molecule has 5 heteroatoms. The summed E-state index contributed by atoms with van der Waals surface area (Å²) in [6, 6.07) is 16.1. The number of rotatable bonds is 4. The van der Waals surface area contributed by atoms with E-state index in [4.69, 9.17) is 14.2 Å². The fraction of sp³-hybridized carbons (Fsp3) is 0.350. The summed E-state index contributed by atoms with van der Waals surface area (Å²) in [5.74, 6) is 1.66. The molecule has 0 bridgehead atoms. The lowest BCUT2D eigenvalue weighted by molar-refractivity contribution is -0.135. The van der Waals surface area contributed by atoms with E-state index in [0.717, 1.165) is 22.6 Å². The van der Waals surface area contributed by atoms with Gasteiger partial charge in [0.15, 0.2) is 11.5 Å². The Morgan fingerprint density at radius 1 is 0.960 bits per heavy atom. The molecule has 2 heterocycles. The van der Waals surface area contributed by atoms with Crippen LogP contribution in [0.1, 0.15) is 23.5 Å². The molecule has 0 radical (unpaired) electrons. The molecule has 130 valence electrons. The summed E-state index contributed by atoms with van der Waals surface area (Å²) in [5.41, 5.74) is 2.19. The molecule has 0 unspecified atom stereocenters. The zero-order valence-corrected chi connectivity index (χ0v) is 14.0. The predicted octanol–water partition coefficient (Wildman–Crippen LogP) is 2.80. The van der Waals surface area contributed by atoms with Gasteiger partial charge in [-0.2, -0.15) is 0 Å². The third kappa shape index (κ3) is 3.46. The molecule has 1 amide bonds. The Kier molecular flexibility index (Phi) is 4.57. The van der Waals surface area contributed by atoms with Crippen LogP contribution in [0.5, 0.6) is 11.5 Å². The van der Waals surface area contributed by atoms with Gasteiger partial charge >= 0.3 is 0 Å². The van der Waals surface area contributed by atoms with Crippen molar-refractivity contribution in [2.24, 2.45) is 0 Å². The Morgan fingerprint density at radius 2 is 1.72 bits per heavy atom. The Bertz CT molecular complexity index is 741. The van der Waals surface area contributed by atoms with Gasteiger partial charge in [0.05, 0.1) is 13.2 Å². The molecule has 2 aromatic carbocycles. The van der Waals surface area contributed by atoms with Gasteiger partial charge < -0.3 is 19.1 Å². The molecule has 0 spiro atoms. The van der Waals surface area contributed by atoms with Gasteiger partial charge in [0.25, 0.3) is 0 Å². The summed E-state index contributed by atoms with van der Waals surface area (Å²) in [6.45, 7) is 2.82. The quantitative estimate of drug-likeness (QED) is 0.859. The molecule has 25 heavy (non-hydrogen) atoms. The zero-order chi connectivity index (χ0) is 17.1. The first-order chi connectivity index (χ1) is 12.3. The third-order valence-corrected chi connectivity index (χ3v) is 4.74. The van der Waals surface area contributed by atoms with Crippen LogP contribution in [0.2, 0.25) is 0 Å². The summed E-state index contributed by atoms with van der Waals surface area (Å²) in [6.07, 6.45) is 0.434. The van der Waals surface area contributed by atoms with Crippen molar-refractivity contribution >= 4 is 5.91 Å². The van der Waals surface area contributed by atoms with Gasteiger partial charge in [-0.25, -0.2) is 0 Å². The van der Waals surface area contributed by atoms with Crippen LogP contribution in [0.15, 0.2) is 48.5 Å². The minimum atomic E-state index is -0.00829. The fourth-order valence-electron chi connectivity index (χ4n) is 3.36. The van der Waals surface area contributed by atoms with E-state index in [1.807, 2.05) is 41.3 Å². The van der Waals surface area contributed by atoms with Crippen molar-refractivity contribution in [2.75, 3.05) is 33.1 Å². The Labute approximate surface area is 147 Å². The van der Waals surface area contributed by atoms with Crippen molar-refractivity contribution in [3.05, 3.63) is 59.7 Å². The molecule has 1 atom stereocenters. The van der Waals surface area contributed by atoms with Crippen LogP contribution in [0.25, 0.3) is 0 Å². The Hall–Kier alpha value is -2.53. The zero-order valence-electron chi connectivity index (χ0n) is 14.0. The average molecular weight is 339 g/mol. The summed E-state index contributed by atoms with van der Waals surface area (Å²) < 4.78 is 16.3. The number of hydrogen-bond donors (Lipinski definition) is 0. The highest BCUT2D eigenvalue weighted by Crippen LogP contribution is 2.37.